The quantitative estimate of drug-likeness (QED) is 0.100. The van der Waals surface area contributed by atoms with E-state index in [-0.39, 0.29) is 23.6 Å². The number of ketones is 1. The highest BCUT2D eigenvalue weighted by atomic mass is 16.6. The van der Waals surface area contributed by atoms with Gasteiger partial charge < -0.3 is 18.9 Å². The first-order chi connectivity index (χ1) is 18.6. The van der Waals surface area contributed by atoms with Crippen LogP contribution in [0.5, 0.6) is 23.0 Å². The summed E-state index contributed by atoms with van der Waals surface area (Å²) in [6.45, 7) is 16.3. The molecule has 0 radical (unpaired) electrons. The summed E-state index contributed by atoms with van der Waals surface area (Å²) in [6.07, 6.45) is 7.21. The molecule has 0 bridgehead atoms. The highest BCUT2D eigenvalue weighted by Crippen LogP contribution is 2.45. The van der Waals surface area contributed by atoms with Crippen molar-refractivity contribution < 1.29 is 33.3 Å². The van der Waals surface area contributed by atoms with Gasteiger partial charge in [0.2, 0.25) is 5.75 Å². The number of allylic oxidation sites excluding steroid dienone is 3. The van der Waals surface area contributed by atoms with E-state index in [0.717, 1.165) is 0 Å². The van der Waals surface area contributed by atoms with Crippen LogP contribution in [0, 0.1) is 10.8 Å². The third-order valence-corrected chi connectivity index (χ3v) is 5.61. The van der Waals surface area contributed by atoms with Crippen LogP contribution in [0.25, 0.3) is 6.08 Å². The van der Waals surface area contributed by atoms with Gasteiger partial charge in [-0.15, -0.1) is 0 Å². The van der Waals surface area contributed by atoms with Crippen LogP contribution in [0.3, 0.4) is 0 Å². The Kier molecular flexibility index (Phi) is 10.9. The maximum atomic E-state index is 13.0. The zero-order valence-corrected chi connectivity index (χ0v) is 25.3. The average Bonchev–Trinajstić information content (AvgIpc) is 2.86. The van der Waals surface area contributed by atoms with Crippen molar-refractivity contribution in [3.05, 3.63) is 65.3 Å². The second-order valence-electron chi connectivity index (χ2n) is 11.8. The van der Waals surface area contributed by atoms with Gasteiger partial charge in [0.15, 0.2) is 17.3 Å². The molecule has 2 aromatic rings. The molecule has 0 aliphatic heterocycles. The molecular weight excluding hydrogens is 508 g/mol. The van der Waals surface area contributed by atoms with E-state index < -0.39 is 16.8 Å². The summed E-state index contributed by atoms with van der Waals surface area (Å²) in [7, 11) is 1.49. The highest BCUT2D eigenvalue weighted by molar-refractivity contribution is 6.07. The van der Waals surface area contributed by atoms with Gasteiger partial charge in [0.05, 0.1) is 24.0 Å². The molecule has 0 spiro atoms. The first-order valence-electron chi connectivity index (χ1n) is 13.4. The Morgan fingerprint density at radius 2 is 1.43 bits per heavy atom. The number of hydrogen-bond donors (Lipinski definition) is 0. The fraction of sp³-hybridized carbons (Fsp3) is 0.424. The molecule has 0 saturated heterocycles. The largest absolute Gasteiger partial charge is 0.490 e. The maximum Gasteiger partial charge on any atom is 0.316 e. The lowest BCUT2D eigenvalue weighted by atomic mass is 9.97. The molecule has 0 aliphatic carbocycles. The van der Waals surface area contributed by atoms with Crippen LogP contribution in [0.15, 0.2) is 48.6 Å². The van der Waals surface area contributed by atoms with Crippen molar-refractivity contribution in [2.75, 3.05) is 7.11 Å². The van der Waals surface area contributed by atoms with Crippen molar-refractivity contribution in [2.24, 2.45) is 10.8 Å². The predicted molar refractivity (Wildman–Crippen MR) is 157 cm³/mol. The Labute approximate surface area is 238 Å². The Balaban J connectivity index is 2.51. The van der Waals surface area contributed by atoms with E-state index in [1.165, 1.54) is 13.2 Å². The molecule has 216 valence electrons. The lowest BCUT2D eigenvalue weighted by Gasteiger charge is -2.23. The maximum absolute atomic E-state index is 13.0. The third-order valence-electron chi connectivity index (χ3n) is 5.61. The standard InChI is InChI=1S/C33H42O7/c1-11-12-13-23-20-24(27(38-21(2)3)29(37-10)28(23)40-31(36)33(7,8)9)16-19-26(34)22-14-17-25(18-15-22)39-30(35)32(4,5)6/h11-12,14-21H,13H2,1-10H3. The molecule has 0 heterocycles. The molecule has 0 fully saturated rings. The van der Waals surface area contributed by atoms with E-state index in [4.69, 9.17) is 18.9 Å². The lowest BCUT2D eigenvalue weighted by Crippen LogP contribution is -2.26. The van der Waals surface area contributed by atoms with Crippen LogP contribution in [0.1, 0.15) is 83.8 Å². The van der Waals surface area contributed by atoms with E-state index in [1.54, 1.807) is 71.9 Å². The summed E-state index contributed by atoms with van der Waals surface area (Å²) in [5.74, 6) is 0.298. The number of carbonyl (C=O) groups is 3. The smallest absolute Gasteiger partial charge is 0.316 e. The van der Waals surface area contributed by atoms with E-state index >= 15 is 0 Å². The molecule has 0 N–H and O–H groups in total. The van der Waals surface area contributed by atoms with Gasteiger partial charge in [0.25, 0.3) is 0 Å². The molecule has 40 heavy (non-hydrogen) atoms. The minimum absolute atomic E-state index is 0.215. The third kappa shape index (κ3) is 8.83. The summed E-state index contributed by atoms with van der Waals surface area (Å²) >= 11 is 0. The summed E-state index contributed by atoms with van der Waals surface area (Å²) < 4.78 is 23.1. The molecule has 0 aliphatic rings. The second-order valence-corrected chi connectivity index (χ2v) is 11.8. The van der Waals surface area contributed by atoms with Gasteiger partial charge in [-0.2, -0.15) is 0 Å². The minimum atomic E-state index is -0.729. The molecule has 0 aromatic heterocycles. The summed E-state index contributed by atoms with van der Waals surface area (Å²) in [4.78, 5) is 38.0. The van der Waals surface area contributed by atoms with Gasteiger partial charge in [-0.3, -0.25) is 14.4 Å². The van der Waals surface area contributed by atoms with E-state index in [1.807, 2.05) is 39.0 Å². The van der Waals surface area contributed by atoms with Crippen molar-refractivity contribution in [3.63, 3.8) is 0 Å². The monoisotopic (exact) mass is 550 g/mol. The minimum Gasteiger partial charge on any atom is -0.490 e. The van der Waals surface area contributed by atoms with E-state index in [0.29, 0.717) is 40.4 Å². The van der Waals surface area contributed by atoms with Crippen LogP contribution in [-0.2, 0) is 16.0 Å². The molecule has 0 unspecified atom stereocenters. The van der Waals surface area contributed by atoms with Crippen LogP contribution >= 0.6 is 0 Å². The van der Waals surface area contributed by atoms with Crippen molar-refractivity contribution in [1.82, 2.24) is 0 Å². The molecule has 2 aromatic carbocycles. The van der Waals surface area contributed by atoms with Gasteiger partial charge in [-0.05, 0) is 111 Å². The van der Waals surface area contributed by atoms with Gasteiger partial charge >= 0.3 is 11.9 Å². The Bertz CT molecular complexity index is 1270. The van der Waals surface area contributed by atoms with Gasteiger partial charge in [0, 0.05) is 16.7 Å². The number of rotatable bonds is 10. The molecule has 2 rings (SSSR count). The zero-order chi connectivity index (χ0) is 30.3. The highest BCUT2D eigenvalue weighted by Gasteiger charge is 2.29. The predicted octanol–water partition coefficient (Wildman–Crippen LogP) is 7.40. The van der Waals surface area contributed by atoms with E-state index in [2.05, 4.69) is 0 Å². The second kappa shape index (κ2) is 13.5. The molecule has 0 atom stereocenters. The number of methoxy groups -OCH3 is 1. The number of hydrogen-bond acceptors (Lipinski definition) is 7. The van der Waals surface area contributed by atoms with Crippen molar-refractivity contribution in [3.8, 4) is 23.0 Å². The first kappa shape index (κ1) is 32.3. The fourth-order valence-corrected chi connectivity index (χ4v) is 3.33. The molecule has 0 saturated carbocycles. The summed E-state index contributed by atoms with van der Waals surface area (Å²) in [6, 6.07) is 8.24. The van der Waals surface area contributed by atoms with Gasteiger partial charge in [-0.1, -0.05) is 12.2 Å². The number of esters is 2. The normalized spacial score (nSPS) is 12.2. The topological polar surface area (TPSA) is 88.1 Å². The molecule has 7 nitrogen and oxygen atoms in total. The fourth-order valence-electron chi connectivity index (χ4n) is 3.33. The van der Waals surface area contributed by atoms with E-state index in [9.17, 15) is 14.4 Å². The molecule has 0 amide bonds. The van der Waals surface area contributed by atoms with Gasteiger partial charge in [-0.25, -0.2) is 0 Å². The van der Waals surface area contributed by atoms with Crippen LogP contribution in [-0.4, -0.2) is 30.9 Å². The first-order valence-corrected chi connectivity index (χ1v) is 13.4. The Hall–Kier alpha value is -3.87. The summed E-state index contributed by atoms with van der Waals surface area (Å²) in [5.41, 5.74) is 0.369. The number of benzene rings is 2. The number of ether oxygens (including phenoxy) is 4. The van der Waals surface area contributed by atoms with Gasteiger partial charge in [0.1, 0.15) is 5.75 Å². The van der Waals surface area contributed by atoms with Crippen LogP contribution in [0.4, 0.5) is 0 Å². The average molecular weight is 551 g/mol. The lowest BCUT2D eigenvalue weighted by molar-refractivity contribution is -0.143. The van der Waals surface area contributed by atoms with Crippen LogP contribution in [0.2, 0.25) is 0 Å². The summed E-state index contributed by atoms with van der Waals surface area (Å²) in [5, 5.41) is 0. The SMILES string of the molecule is CC=CCc1cc(C=CC(=O)c2ccc(OC(=O)C(C)(C)C)cc2)c(OC(C)C)c(OC)c1OC(=O)C(C)(C)C. The van der Waals surface area contributed by atoms with Crippen molar-refractivity contribution >= 4 is 23.8 Å². The Morgan fingerprint density at radius 3 is 1.93 bits per heavy atom. The Morgan fingerprint density at radius 1 is 0.850 bits per heavy atom. The zero-order valence-electron chi connectivity index (χ0n) is 25.3. The van der Waals surface area contributed by atoms with Crippen molar-refractivity contribution in [1.29, 1.82) is 0 Å². The number of carbonyl (C=O) groups excluding carboxylic acids is 3. The molecule has 7 heteroatoms. The van der Waals surface area contributed by atoms with Crippen LogP contribution < -0.4 is 18.9 Å². The molecular formula is C33H42O7. The van der Waals surface area contributed by atoms with Crippen molar-refractivity contribution in [2.45, 2.75) is 74.8 Å².